The molecule has 0 saturated heterocycles. The number of amides is 1. The van der Waals surface area contributed by atoms with Gasteiger partial charge in [0.25, 0.3) is 5.91 Å². The number of aliphatic hydroxyl groups excluding tert-OH is 1. The van der Waals surface area contributed by atoms with Crippen molar-refractivity contribution in [2.45, 2.75) is 26.9 Å². The molecule has 0 aromatic heterocycles. The predicted molar refractivity (Wildman–Crippen MR) is 90.8 cm³/mol. The fourth-order valence-corrected chi connectivity index (χ4v) is 2.66. The van der Waals surface area contributed by atoms with Crippen LogP contribution >= 0.6 is 0 Å². The molecule has 0 heterocycles. The normalized spacial score (nSPS) is 11.9. The number of nitrogens with one attached hydrogen (secondary N) is 1. The van der Waals surface area contributed by atoms with Gasteiger partial charge in [0.1, 0.15) is 18.5 Å². The summed E-state index contributed by atoms with van der Waals surface area (Å²) < 4.78 is 31.1. The van der Waals surface area contributed by atoms with Crippen LogP contribution in [0.2, 0.25) is 0 Å². The van der Waals surface area contributed by atoms with E-state index in [1.165, 1.54) is 6.07 Å². The van der Waals surface area contributed by atoms with Gasteiger partial charge in [-0.25, -0.2) is 8.78 Å². The van der Waals surface area contributed by atoms with Gasteiger partial charge in [0.05, 0.1) is 0 Å². The van der Waals surface area contributed by atoms with Gasteiger partial charge in [-0.3, -0.25) is 4.79 Å². The zero-order valence-electron chi connectivity index (χ0n) is 14.4. The molecule has 0 aliphatic heterocycles. The monoisotopic (exact) mass is 349 g/mol. The zero-order chi connectivity index (χ0) is 18.6. The number of halogens is 2. The Bertz CT molecular complexity index is 754. The number of ether oxygens (including phenoxy) is 1. The average molecular weight is 349 g/mol. The Morgan fingerprint density at radius 2 is 1.76 bits per heavy atom. The highest BCUT2D eigenvalue weighted by Gasteiger charge is 2.15. The summed E-state index contributed by atoms with van der Waals surface area (Å²) in [7, 11) is 0. The first-order valence-corrected chi connectivity index (χ1v) is 7.90. The molecule has 4 nitrogen and oxygen atoms in total. The van der Waals surface area contributed by atoms with Crippen LogP contribution in [0.3, 0.4) is 0 Å². The molecule has 1 atom stereocenters. The third kappa shape index (κ3) is 5.00. The van der Waals surface area contributed by atoms with Crippen molar-refractivity contribution >= 4 is 5.91 Å². The predicted octanol–water partition coefficient (Wildman–Crippen LogP) is 3.06. The molecule has 0 radical (unpaired) electrons. The number of hydrogen-bond acceptors (Lipinski definition) is 3. The Kier molecular flexibility index (Phi) is 6.09. The summed E-state index contributed by atoms with van der Waals surface area (Å²) in [5.41, 5.74) is 3.39. The lowest BCUT2D eigenvalue weighted by Gasteiger charge is -2.15. The molecule has 1 unspecified atom stereocenters. The lowest BCUT2D eigenvalue weighted by atomic mass is 9.99. The maximum Gasteiger partial charge on any atom is 0.251 e. The van der Waals surface area contributed by atoms with Crippen LogP contribution in [-0.4, -0.2) is 30.3 Å². The first-order chi connectivity index (χ1) is 11.8. The van der Waals surface area contributed by atoms with Gasteiger partial charge in [-0.1, -0.05) is 17.7 Å². The van der Waals surface area contributed by atoms with Crippen molar-refractivity contribution in [3.8, 4) is 5.75 Å². The Morgan fingerprint density at radius 3 is 2.36 bits per heavy atom. The lowest BCUT2D eigenvalue weighted by molar-refractivity contribution is 0.0842. The molecule has 25 heavy (non-hydrogen) atoms. The van der Waals surface area contributed by atoms with Crippen LogP contribution in [0.15, 0.2) is 30.3 Å². The van der Waals surface area contributed by atoms with Crippen LogP contribution in [-0.2, 0) is 0 Å². The molecule has 6 heteroatoms. The summed E-state index contributed by atoms with van der Waals surface area (Å²) in [4.78, 5) is 12.3. The largest absolute Gasteiger partial charge is 0.491 e. The standard InChI is InChI=1S/C19H21F2NO3/c1-11-6-12(2)18(13(3)7-11)19(24)22-9-14(23)10-25-15-4-5-16(20)17(21)8-15/h4-8,14,23H,9-10H2,1-3H3,(H,22,24). The van der Waals surface area contributed by atoms with Crippen molar-refractivity contribution in [2.75, 3.05) is 13.2 Å². The van der Waals surface area contributed by atoms with Crippen molar-refractivity contribution < 1.29 is 23.4 Å². The summed E-state index contributed by atoms with van der Waals surface area (Å²) in [5.74, 6) is -2.16. The molecular weight excluding hydrogens is 328 g/mol. The number of aliphatic hydroxyl groups is 1. The van der Waals surface area contributed by atoms with Gasteiger partial charge in [-0.05, 0) is 44.0 Å². The molecule has 0 spiro atoms. The van der Waals surface area contributed by atoms with Gasteiger partial charge >= 0.3 is 0 Å². The van der Waals surface area contributed by atoms with Crippen molar-refractivity contribution in [3.63, 3.8) is 0 Å². The number of aryl methyl sites for hydroxylation is 3. The summed E-state index contributed by atoms with van der Waals surface area (Å²) in [5, 5.41) is 12.6. The summed E-state index contributed by atoms with van der Waals surface area (Å²) in [6.45, 7) is 5.50. The molecule has 1 amide bonds. The van der Waals surface area contributed by atoms with E-state index in [9.17, 15) is 18.7 Å². The van der Waals surface area contributed by atoms with Crippen LogP contribution < -0.4 is 10.1 Å². The van der Waals surface area contributed by atoms with Gasteiger partial charge in [0.15, 0.2) is 11.6 Å². The quantitative estimate of drug-likeness (QED) is 0.843. The highest BCUT2D eigenvalue weighted by molar-refractivity contribution is 5.97. The van der Waals surface area contributed by atoms with Gasteiger partial charge < -0.3 is 15.2 Å². The van der Waals surface area contributed by atoms with Gasteiger partial charge in [0.2, 0.25) is 0 Å². The van der Waals surface area contributed by atoms with E-state index in [0.29, 0.717) is 5.56 Å². The van der Waals surface area contributed by atoms with E-state index < -0.39 is 17.7 Å². The van der Waals surface area contributed by atoms with Gasteiger partial charge in [0, 0.05) is 18.2 Å². The Morgan fingerprint density at radius 1 is 1.12 bits per heavy atom. The molecule has 0 aliphatic carbocycles. The molecule has 134 valence electrons. The number of hydrogen-bond donors (Lipinski definition) is 2. The summed E-state index contributed by atoms with van der Waals surface area (Å²) >= 11 is 0. The SMILES string of the molecule is Cc1cc(C)c(C(=O)NCC(O)COc2ccc(F)c(F)c2)c(C)c1. The fourth-order valence-electron chi connectivity index (χ4n) is 2.66. The molecule has 2 aromatic rings. The van der Waals surface area contributed by atoms with E-state index in [-0.39, 0.29) is 24.8 Å². The molecule has 2 rings (SSSR count). The average Bonchev–Trinajstić information content (AvgIpc) is 2.53. The molecule has 2 aromatic carbocycles. The summed E-state index contributed by atoms with van der Waals surface area (Å²) in [6.07, 6.45) is -0.983. The van der Waals surface area contributed by atoms with Crippen LogP contribution in [0, 0.1) is 32.4 Å². The highest BCUT2D eigenvalue weighted by Crippen LogP contribution is 2.17. The van der Waals surface area contributed by atoms with Gasteiger partial charge in [-0.2, -0.15) is 0 Å². The van der Waals surface area contributed by atoms with Crippen molar-refractivity contribution in [1.82, 2.24) is 5.32 Å². The topological polar surface area (TPSA) is 58.6 Å². The van der Waals surface area contributed by atoms with Crippen LogP contribution in [0.25, 0.3) is 0 Å². The van der Waals surface area contributed by atoms with Crippen molar-refractivity contribution in [1.29, 1.82) is 0 Å². The third-order valence-electron chi connectivity index (χ3n) is 3.74. The zero-order valence-corrected chi connectivity index (χ0v) is 14.4. The first-order valence-electron chi connectivity index (χ1n) is 7.90. The minimum absolute atomic E-state index is 0.0186. The van der Waals surface area contributed by atoms with E-state index in [4.69, 9.17) is 4.74 Å². The van der Waals surface area contributed by atoms with E-state index in [1.54, 1.807) is 0 Å². The summed E-state index contributed by atoms with van der Waals surface area (Å²) in [6, 6.07) is 6.96. The Hall–Kier alpha value is -2.47. The van der Waals surface area contributed by atoms with Crippen LogP contribution in [0.5, 0.6) is 5.75 Å². The maximum atomic E-state index is 13.1. The van der Waals surface area contributed by atoms with E-state index >= 15 is 0 Å². The first kappa shape index (κ1) is 18.9. The Balaban J connectivity index is 1.88. The Labute approximate surface area is 145 Å². The van der Waals surface area contributed by atoms with Crippen LogP contribution in [0.1, 0.15) is 27.0 Å². The molecule has 0 bridgehead atoms. The van der Waals surface area contributed by atoms with Crippen molar-refractivity contribution in [3.05, 3.63) is 64.2 Å². The highest BCUT2D eigenvalue weighted by atomic mass is 19.2. The molecule has 0 fully saturated rings. The number of carbonyl (C=O) groups is 1. The third-order valence-corrected chi connectivity index (χ3v) is 3.74. The van der Waals surface area contributed by atoms with Crippen LogP contribution in [0.4, 0.5) is 8.78 Å². The molecule has 2 N–H and O–H groups in total. The van der Waals surface area contributed by atoms with Gasteiger partial charge in [-0.15, -0.1) is 0 Å². The second-order valence-electron chi connectivity index (χ2n) is 6.02. The maximum absolute atomic E-state index is 13.1. The minimum atomic E-state index is -1.02. The number of carbonyl (C=O) groups excluding carboxylic acids is 1. The molecular formula is C19H21F2NO3. The van der Waals surface area contributed by atoms with Crippen molar-refractivity contribution in [2.24, 2.45) is 0 Å². The minimum Gasteiger partial charge on any atom is -0.491 e. The van der Waals surface area contributed by atoms with E-state index in [1.807, 2.05) is 32.9 Å². The molecule has 0 aliphatic rings. The number of rotatable bonds is 6. The molecule has 0 saturated carbocycles. The van der Waals surface area contributed by atoms with E-state index in [2.05, 4.69) is 5.32 Å². The fraction of sp³-hybridized carbons (Fsp3) is 0.316. The smallest absolute Gasteiger partial charge is 0.251 e. The lowest BCUT2D eigenvalue weighted by Crippen LogP contribution is -2.35. The van der Waals surface area contributed by atoms with E-state index in [0.717, 1.165) is 28.8 Å². The number of benzene rings is 2. The second kappa shape index (κ2) is 8.07. The second-order valence-corrected chi connectivity index (χ2v) is 6.02.